The Labute approximate surface area is 337 Å². The number of carboxylic acid groups (broad SMARTS) is 1. The Morgan fingerprint density at radius 2 is 1.52 bits per heavy atom. The lowest BCUT2D eigenvalue weighted by molar-refractivity contribution is -0.221. The van der Waals surface area contributed by atoms with Gasteiger partial charge in [-0.2, -0.15) is 0 Å². The molecule has 1 unspecified atom stereocenters. The quantitative estimate of drug-likeness (QED) is 0.281. The standard InChI is InChI=1S/C50H69N3O3/c1-32(2)38-19-24-50(51-43(54)31-53-30-36-27-37(53)29-52(36)28-33-11-9-8-10-12-33)26-25-48(6)40(44(38)50)17-18-42-47(5)22-20-39(34-13-15-35(16-14-34)45(55)56)46(3,4)41(47)21-23-49(42,48)7/h8-16,20,32,36-38,40-42,44H,17-19,21-31H2,1-7H3,(H,51,54)(H,55,56)/t36-,37-,38?,40+,41-,42+,44+,47-,48+,49+,50-/m0/s1. The van der Waals surface area contributed by atoms with Crippen LogP contribution in [0.5, 0.6) is 0 Å². The molecule has 7 aliphatic rings. The summed E-state index contributed by atoms with van der Waals surface area (Å²) in [5.41, 5.74) is 4.98. The van der Waals surface area contributed by atoms with Crippen molar-refractivity contribution in [3.63, 3.8) is 0 Å². The van der Waals surface area contributed by atoms with Gasteiger partial charge in [0.1, 0.15) is 0 Å². The highest BCUT2D eigenvalue weighted by Gasteiger charge is 2.70. The maximum atomic E-state index is 14.3. The second-order valence-corrected chi connectivity index (χ2v) is 21.7. The molecule has 2 aromatic carbocycles. The number of hydrogen-bond donors (Lipinski definition) is 2. The summed E-state index contributed by atoms with van der Waals surface area (Å²) >= 11 is 0. The Bertz CT molecular complexity index is 1870. The largest absolute Gasteiger partial charge is 0.478 e. The summed E-state index contributed by atoms with van der Waals surface area (Å²) in [6.45, 7) is 21.6. The molecular weight excluding hydrogens is 691 g/mol. The van der Waals surface area contributed by atoms with Gasteiger partial charge in [0.05, 0.1) is 12.1 Å². The molecule has 6 heteroatoms. The van der Waals surface area contributed by atoms with Crippen LogP contribution in [-0.4, -0.2) is 64.0 Å². The molecule has 0 aromatic heterocycles. The van der Waals surface area contributed by atoms with Crippen LogP contribution < -0.4 is 5.32 Å². The molecule has 56 heavy (non-hydrogen) atoms. The monoisotopic (exact) mass is 760 g/mol. The van der Waals surface area contributed by atoms with Gasteiger partial charge in [-0.15, -0.1) is 0 Å². The fourth-order valence-electron chi connectivity index (χ4n) is 16.0. The lowest BCUT2D eigenvalue weighted by Gasteiger charge is -2.72. The van der Waals surface area contributed by atoms with E-state index >= 15 is 0 Å². The zero-order valence-electron chi connectivity index (χ0n) is 35.4. The van der Waals surface area contributed by atoms with Crippen LogP contribution in [0.15, 0.2) is 60.7 Å². The van der Waals surface area contributed by atoms with Gasteiger partial charge in [0.25, 0.3) is 0 Å². The first-order chi connectivity index (χ1) is 26.6. The molecule has 6 nitrogen and oxygen atoms in total. The highest BCUT2D eigenvalue weighted by atomic mass is 16.4. The van der Waals surface area contributed by atoms with Crippen LogP contribution in [0, 0.1) is 57.2 Å². The van der Waals surface area contributed by atoms with Crippen molar-refractivity contribution in [2.24, 2.45) is 57.2 Å². The molecule has 2 heterocycles. The number of likely N-dealkylation sites (tertiary alicyclic amines) is 2. The van der Waals surface area contributed by atoms with Crippen molar-refractivity contribution in [1.82, 2.24) is 15.1 Å². The average molecular weight is 760 g/mol. The predicted octanol–water partition coefficient (Wildman–Crippen LogP) is 9.94. The number of aromatic carboxylic acids is 1. The number of amides is 1. The SMILES string of the molecule is CC(C)C1CC[C@]2(NC(=O)CN3C[C@@H]4C[C@H]3CN4Cc3ccccc3)CC[C@]3(C)[C@H](CC[C@@H]4[C@@]5(C)CC=C(c6ccc(C(=O)O)cc6)C(C)(C)[C@@H]5CC[C@]43C)[C@@H]12. The van der Waals surface area contributed by atoms with E-state index in [0.29, 0.717) is 59.7 Å². The second-order valence-electron chi connectivity index (χ2n) is 21.7. The van der Waals surface area contributed by atoms with E-state index in [2.05, 4.69) is 100.0 Å². The summed E-state index contributed by atoms with van der Waals surface area (Å²) in [5.74, 6) is 3.12. The molecular formula is C50H69N3O3. The van der Waals surface area contributed by atoms with Crippen LogP contribution >= 0.6 is 0 Å². The predicted molar refractivity (Wildman–Crippen MR) is 225 cm³/mol. The van der Waals surface area contributed by atoms with Crippen molar-refractivity contribution in [2.75, 3.05) is 19.6 Å². The average Bonchev–Trinajstić information content (AvgIpc) is 3.85. The van der Waals surface area contributed by atoms with Crippen LogP contribution in [0.3, 0.4) is 0 Å². The third-order valence-corrected chi connectivity index (χ3v) is 18.8. The van der Waals surface area contributed by atoms with Gasteiger partial charge in [0.15, 0.2) is 0 Å². The topological polar surface area (TPSA) is 72.9 Å². The highest BCUT2D eigenvalue weighted by molar-refractivity contribution is 5.88. The summed E-state index contributed by atoms with van der Waals surface area (Å²) in [6.07, 6.45) is 14.7. The van der Waals surface area contributed by atoms with E-state index in [4.69, 9.17) is 0 Å². The molecule has 302 valence electrons. The summed E-state index contributed by atoms with van der Waals surface area (Å²) in [5, 5.41) is 13.4. The van der Waals surface area contributed by atoms with Gasteiger partial charge < -0.3 is 10.4 Å². The lowest BCUT2D eigenvalue weighted by atomic mass is 9.33. The molecule has 2 saturated heterocycles. The van der Waals surface area contributed by atoms with Crippen LogP contribution in [0.1, 0.15) is 134 Å². The van der Waals surface area contributed by atoms with Crippen LogP contribution in [-0.2, 0) is 11.3 Å². The van der Waals surface area contributed by atoms with Gasteiger partial charge in [-0.05, 0) is 150 Å². The highest BCUT2D eigenvalue weighted by Crippen LogP contribution is 2.76. The van der Waals surface area contributed by atoms with Crippen molar-refractivity contribution in [1.29, 1.82) is 0 Å². The maximum absolute atomic E-state index is 14.3. The molecule has 6 fully saturated rings. The zero-order valence-corrected chi connectivity index (χ0v) is 35.4. The first kappa shape index (κ1) is 38.6. The van der Waals surface area contributed by atoms with Gasteiger partial charge in [0.2, 0.25) is 5.91 Å². The first-order valence-electron chi connectivity index (χ1n) is 22.5. The molecule has 0 radical (unpaired) electrons. The minimum atomic E-state index is -0.864. The van der Waals surface area contributed by atoms with Crippen molar-refractivity contribution in [3.8, 4) is 0 Å². The Balaban J connectivity index is 0.933. The van der Waals surface area contributed by atoms with Crippen molar-refractivity contribution < 1.29 is 14.7 Å². The molecule has 2 aliphatic heterocycles. The number of nitrogens with one attached hydrogen (secondary N) is 1. The minimum absolute atomic E-state index is 0.00599. The number of piperazine rings is 1. The van der Waals surface area contributed by atoms with Gasteiger partial charge in [0, 0.05) is 37.3 Å². The smallest absolute Gasteiger partial charge is 0.335 e. The summed E-state index contributed by atoms with van der Waals surface area (Å²) in [6, 6.07) is 19.5. The molecule has 0 spiro atoms. The minimum Gasteiger partial charge on any atom is -0.478 e. The number of benzene rings is 2. The molecule has 2 N–H and O–H groups in total. The van der Waals surface area contributed by atoms with E-state index in [1.165, 1.54) is 61.6 Å². The second kappa shape index (κ2) is 13.5. The number of allylic oxidation sites excluding steroid dienone is 2. The van der Waals surface area contributed by atoms with Gasteiger partial charge in [-0.3, -0.25) is 14.6 Å². The number of nitrogens with zero attached hydrogens (tertiary/aromatic N) is 2. The Morgan fingerprint density at radius 1 is 0.804 bits per heavy atom. The van der Waals surface area contributed by atoms with Crippen LogP contribution in [0.25, 0.3) is 5.57 Å². The Morgan fingerprint density at radius 3 is 2.20 bits per heavy atom. The van der Waals surface area contributed by atoms with E-state index in [1.54, 1.807) is 12.1 Å². The number of carbonyl (C=O) groups excluding carboxylic acids is 1. The van der Waals surface area contributed by atoms with Crippen molar-refractivity contribution in [3.05, 3.63) is 77.4 Å². The van der Waals surface area contributed by atoms with E-state index in [-0.39, 0.29) is 33.1 Å². The number of hydrogen-bond acceptors (Lipinski definition) is 4. The molecule has 9 rings (SSSR count). The van der Waals surface area contributed by atoms with Crippen molar-refractivity contribution in [2.45, 2.75) is 137 Å². The van der Waals surface area contributed by atoms with Crippen LogP contribution in [0.4, 0.5) is 0 Å². The normalized spacial score (nSPS) is 41.4. The number of carboxylic acids is 1. The Hall–Kier alpha value is -2.96. The zero-order chi connectivity index (χ0) is 39.4. The maximum Gasteiger partial charge on any atom is 0.335 e. The third kappa shape index (κ3) is 5.75. The first-order valence-corrected chi connectivity index (χ1v) is 22.5. The molecule has 4 saturated carbocycles. The van der Waals surface area contributed by atoms with Gasteiger partial charge in [-0.25, -0.2) is 4.79 Å². The molecule has 11 atom stereocenters. The number of carbonyl (C=O) groups is 2. The van der Waals surface area contributed by atoms with E-state index < -0.39 is 5.97 Å². The van der Waals surface area contributed by atoms with E-state index in [9.17, 15) is 14.7 Å². The number of fused-ring (bicyclic) bond motifs is 9. The molecule has 2 aromatic rings. The summed E-state index contributed by atoms with van der Waals surface area (Å²) in [4.78, 5) is 31.1. The van der Waals surface area contributed by atoms with Gasteiger partial charge >= 0.3 is 5.97 Å². The van der Waals surface area contributed by atoms with Crippen LogP contribution in [0.2, 0.25) is 0 Å². The lowest BCUT2D eigenvalue weighted by Crippen LogP contribution is -2.68. The summed E-state index contributed by atoms with van der Waals surface area (Å²) < 4.78 is 0. The van der Waals surface area contributed by atoms with Gasteiger partial charge in [-0.1, -0.05) is 97.0 Å². The number of rotatable bonds is 8. The van der Waals surface area contributed by atoms with E-state index in [1.807, 2.05) is 12.1 Å². The molecule has 5 aliphatic carbocycles. The third-order valence-electron chi connectivity index (χ3n) is 18.8. The fourth-order valence-corrected chi connectivity index (χ4v) is 16.0. The molecule has 1 amide bonds. The van der Waals surface area contributed by atoms with Crippen molar-refractivity contribution >= 4 is 17.4 Å². The van der Waals surface area contributed by atoms with E-state index in [0.717, 1.165) is 38.9 Å². The Kier molecular flexibility index (Phi) is 9.33. The molecule has 2 bridgehead atoms. The summed E-state index contributed by atoms with van der Waals surface area (Å²) in [7, 11) is 0. The fraction of sp³-hybridized carbons (Fsp3) is 0.680.